The Hall–Kier alpha value is -0.610. The van der Waals surface area contributed by atoms with Gasteiger partial charge < -0.3 is 14.6 Å². The first kappa shape index (κ1) is 13.4. The summed E-state index contributed by atoms with van der Waals surface area (Å²) in [5, 5.41) is 8.43. The summed E-state index contributed by atoms with van der Waals surface area (Å²) in [7, 11) is 0. The van der Waals surface area contributed by atoms with E-state index in [0.717, 1.165) is 0 Å². The molecule has 0 aliphatic carbocycles. The third-order valence-electron chi connectivity index (χ3n) is 1.74. The number of carboxylic acids is 1. The second kappa shape index (κ2) is 5.98. The third kappa shape index (κ3) is 8.01. The minimum Gasteiger partial charge on any atom is -0.480 e. The highest BCUT2D eigenvalue weighted by atomic mass is 16.5. The molecular weight excluding hydrogens is 184 g/mol. The summed E-state index contributed by atoms with van der Waals surface area (Å²) in [5.74, 6) is -0.942. The number of carbonyl (C=O) groups is 1. The number of carboxylic acid groups (broad SMARTS) is 1. The molecule has 0 saturated heterocycles. The molecule has 1 N–H and O–H groups in total. The van der Waals surface area contributed by atoms with E-state index in [-0.39, 0.29) is 12.7 Å². The molecule has 0 aromatic carbocycles. The summed E-state index contributed by atoms with van der Waals surface area (Å²) in [6.45, 7) is 7.98. The Morgan fingerprint density at radius 3 is 2.43 bits per heavy atom. The molecule has 0 aromatic heterocycles. The fourth-order valence-electron chi connectivity index (χ4n) is 0.870. The lowest BCUT2D eigenvalue weighted by molar-refractivity contribution is -0.149. The van der Waals surface area contributed by atoms with Crippen LogP contribution in [0.25, 0.3) is 0 Å². The molecule has 0 atom stereocenters. The maximum atomic E-state index is 10.3. The van der Waals surface area contributed by atoms with E-state index in [1.54, 1.807) is 0 Å². The molecule has 84 valence electrons. The topological polar surface area (TPSA) is 55.8 Å². The molecule has 0 bridgehead atoms. The molecule has 0 amide bonds. The van der Waals surface area contributed by atoms with Crippen LogP contribution >= 0.6 is 0 Å². The number of aliphatic carboxylic acids is 1. The van der Waals surface area contributed by atoms with Crippen molar-refractivity contribution in [3.05, 3.63) is 0 Å². The largest absolute Gasteiger partial charge is 0.480 e. The fraction of sp³-hybridized carbons (Fsp3) is 0.900. The number of hydrogen-bond acceptors (Lipinski definition) is 3. The van der Waals surface area contributed by atoms with Gasteiger partial charge in [-0.05, 0) is 34.1 Å². The third-order valence-corrected chi connectivity index (χ3v) is 1.74. The standard InChI is InChI=1S/C10H20O4/c1-8(2)13-6-5-10(3,4)14-7-9(11)12/h8H,5-7H2,1-4H3,(H,11,12). The van der Waals surface area contributed by atoms with Crippen molar-refractivity contribution in [1.82, 2.24) is 0 Å². The molecular formula is C10H20O4. The van der Waals surface area contributed by atoms with Gasteiger partial charge in [0, 0.05) is 6.61 Å². The molecule has 4 heteroatoms. The van der Waals surface area contributed by atoms with Gasteiger partial charge in [-0.15, -0.1) is 0 Å². The minimum atomic E-state index is -0.942. The van der Waals surface area contributed by atoms with Gasteiger partial charge >= 0.3 is 5.97 Å². The van der Waals surface area contributed by atoms with E-state index >= 15 is 0 Å². The van der Waals surface area contributed by atoms with E-state index in [0.29, 0.717) is 13.0 Å². The Morgan fingerprint density at radius 2 is 2.00 bits per heavy atom. The number of rotatable bonds is 7. The van der Waals surface area contributed by atoms with Crippen molar-refractivity contribution in [2.24, 2.45) is 0 Å². The first-order valence-electron chi connectivity index (χ1n) is 4.81. The van der Waals surface area contributed by atoms with E-state index in [2.05, 4.69) is 0 Å². The molecule has 0 saturated carbocycles. The molecule has 0 fully saturated rings. The zero-order valence-electron chi connectivity index (χ0n) is 9.37. The smallest absolute Gasteiger partial charge is 0.329 e. The van der Waals surface area contributed by atoms with Gasteiger partial charge in [-0.25, -0.2) is 4.79 Å². The van der Waals surface area contributed by atoms with Gasteiger partial charge in [-0.3, -0.25) is 0 Å². The van der Waals surface area contributed by atoms with Gasteiger partial charge in [0.15, 0.2) is 0 Å². The predicted molar refractivity (Wildman–Crippen MR) is 53.4 cm³/mol. The summed E-state index contributed by atoms with van der Waals surface area (Å²) in [6, 6.07) is 0. The summed E-state index contributed by atoms with van der Waals surface area (Å²) < 4.78 is 10.6. The molecule has 0 heterocycles. The van der Waals surface area contributed by atoms with Crippen LogP contribution in [-0.2, 0) is 14.3 Å². The van der Waals surface area contributed by atoms with Gasteiger partial charge in [0.25, 0.3) is 0 Å². The lowest BCUT2D eigenvalue weighted by Gasteiger charge is -2.24. The zero-order chi connectivity index (χ0) is 11.2. The normalized spacial score (nSPS) is 12.1. The first-order valence-corrected chi connectivity index (χ1v) is 4.81. The molecule has 14 heavy (non-hydrogen) atoms. The molecule has 0 radical (unpaired) electrons. The maximum absolute atomic E-state index is 10.3. The number of hydrogen-bond donors (Lipinski definition) is 1. The summed E-state index contributed by atoms with van der Waals surface area (Å²) in [5.41, 5.74) is -0.437. The van der Waals surface area contributed by atoms with Gasteiger partial charge in [0.2, 0.25) is 0 Å². The van der Waals surface area contributed by atoms with Crippen LogP contribution in [0.15, 0.2) is 0 Å². The summed E-state index contributed by atoms with van der Waals surface area (Å²) in [4.78, 5) is 10.3. The average molecular weight is 204 g/mol. The Morgan fingerprint density at radius 1 is 1.43 bits per heavy atom. The minimum absolute atomic E-state index is 0.199. The van der Waals surface area contributed by atoms with Crippen molar-refractivity contribution >= 4 is 5.97 Å². The van der Waals surface area contributed by atoms with Crippen LogP contribution in [0.1, 0.15) is 34.1 Å². The second-order valence-electron chi connectivity index (χ2n) is 4.11. The van der Waals surface area contributed by atoms with Gasteiger partial charge in [-0.2, -0.15) is 0 Å². The van der Waals surface area contributed by atoms with Crippen molar-refractivity contribution in [2.75, 3.05) is 13.2 Å². The highest BCUT2D eigenvalue weighted by Crippen LogP contribution is 2.14. The van der Waals surface area contributed by atoms with Crippen LogP contribution in [0.2, 0.25) is 0 Å². The van der Waals surface area contributed by atoms with Crippen molar-refractivity contribution < 1.29 is 19.4 Å². The lowest BCUT2D eigenvalue weighted by atomic mass is 10.1. The van der Waals surface area contributed by atoms with Crippen LogP contribution in [0.5, 0.6) is 0 Å². The summed E-state index contributed by atoms with van der Waals surface area (Å²) in [6.07, 6.45) is 0.892. The molecule has 0 unspecified atom stereocenters. The zero-order valence-corrected chi connectivity index (χ0v) is 9.37. The highest BCUT2D eigenvalue weighted by molar-refractivity contribution is 5.68. The van der Waals surface area contributed by atoms with Gasteiger partial charge in [0.05, 0.1) is 11.7 Å². The van der Waals surface area contributed by atoms with Crippen LogP contribution in [0.3, 0.4) is 0 Å². The van der Waals surface area contributed by atoms with E-state index in [1.807, 2.05) is 27.7 Å². The van der Waals surface area contributed by atoms with E-state index in [1.165, 1.54) is 0 Å². The summed E-state index contributed by atoms with van der Waals surface area (Å²) >= 11 is 0. The van der Waals surface area contributed by atoms with Crippen molar-refractivity contribution in [2.45, 2.75) is 45.8 Å². The van der Waals surface area contributed by atoms with Gasteiger partial charge in [0.1, 0.15) is 6.61 Å². The fourth-order valence-corrected chi connectivity index (χ4v) is 0.870. The van der Waals surface area contributed by atoms with Crippen molar-refractivity contribution in [1.29, 1.82) is 0 Å². The number of ether oxygens (including phenoxy) is 2. The maximum Gasteiger partial charge on any atom is 0.329 e. The van der Waals surface area contributed by atoms with Crippen LogP contribution in [0.4, 0.5) is 0 Å². The van der Waals surface area contributed by atoms with Crippen LogP contribution in [-0.4, -0.2) is 36.0 Å². The monoisotopic (exact) mass is 204 g/mol. The van der Waals surface area contributed by atoms with E-state index in [4.69, 9.17) is 14.6 Å². The average Bonchev–Trinajstić information content (AvgIpc) is 2.00. The van der Waals surface area contributed by atoms with Crippen molar-refractivity contribution in [3.63, 3.8) is 0 Å². The van der Waals surface area contributed by atoms with E-state index in [9.17, 15) is 4.79 Å². The van der Waals surface area contributed by atoms with Gasteiger partial charge in [-0.1, -0.05) is 0 Å². The van der Waals surface area contributed by atoms with E-state index < -0.39 is 11.6 Å². The Kier molecular flexibility index (Phi) is 5.72. The quantitative estimate of drug-likeness (QED) is 0.685. The molecule has 0 spiro atoms. The Bertz CT molecular complexity index is 175. The molecule has 0 rings (SSSR count). The lowest BCUT2D eigenvalue weighted by Crippen LogP contribution is -2.29. The Labute approximate surface area is 85.2 Å². The second-order valence-corrected chi connectivity index (χ2v) is 4.11. The molecule has 4 nitrogen and oxygen atoms in total. The molecule has 0 aliphatic heterocycles. The van der Waals surface area contributed by atoms with Crippen molar-refractivity contribution in [3.8, 4) is 0 Å². The SMILES string of the molecule is CC(C)OCCC(C)(C)OCC(=O)O. The highest BCUT2D eigenvalue weighted by Gasteiger charge is 2.19. The Balaban J connectivity index is 3.66. The molecule has 0 aliphatic rings. The predicted octanol–water partition coefficient (Wildman–Crippen LogP) is 1.68. The van der Waals surface area contributed by atoms with Crippen LogP contribution < -0.4 is 0 Å². The van der Waals surface area contributed by atoms with Crippen LogP contribution in [0, 0.1) is 0 Å². The molecule has 0 aromatic rings. The first-order chi connectivity index (χ1) is 6.33.